The second kappa shape index (κ2) is 33.5. The van der Waals surface area contributed by atoms with Gasteiger partial charge in [-0.25, -0.2) is 0 Å². The number of thioether (sulfide) groups is 2. The van der Waals surface area contributed by atoms with Crippen LogP contribution in [0.1, 0.15) is 79.1 Å². The fourth-order valence-corrected chi connectivity index (χ4v) is 3.57. The van der Waals surface area contributed by atoms with Gasteiger partial charge in [0.2, 0.25) is 0 Å². The van der Waals surface area contributed by atoms with E-state index < -0.39 is 16.5 Å². The molecule has 0 radical (unpaired) electrons. The topological polar surface area (TPSA) is 0 Å². The summed E-state index contributed by atoms with van der Waals surface area (Å²) < 4.78 is 0. The van der Waals surface area contributed by atoms with Crippen molar-refractivity contribution in [1.29, 1.82) is 0 Å². The van der Waals surface area contributed by atoms with Crippen LogP contribution in [-0.4, -0.2) is 23.0 Å². The van der Waals surface area contributed by atoms with E-state index in [9.17, 15) is 0 Å². The van der Waals surface area contributed by atoms with Gasteiger partial charge in [-0.05, 0) is 48.7 Å². The molecule has 0 unspecified atom stereocenters. The molecule has 0 aliphatic rings. The van der Waals surface area contributed by atoms with E-state index in [-0.39, 0.29) is 0 Å². The van der Waals surface area contributed by atoms with Gasteiger partial charge in [0.25, 0.3) is 0 Å². The van der Waals surface area contributed by atoms with Gasteiger partial charge in [0.15, 0.2) is 0 Å². The zero-order valence-electron chi connectivity index (χ0n) is 14.4. The van der Waals surface area contributed by atoms with E-state index in [2.05, 4.69) is 51.2 Å². The predicted molar refractivity (Wildman–Crippen MR) is 106 cm³/mol. The summed E-state index contributed by atoms with van der Waals surface area (Å²) in [7, 11) is 9.75. The van der Waals surface area contributed by atoms with Crippen molar-refractivity contribution in [2.24, 2.45) is 0 Å². The third kappa shape index (κ3) is 44.9. The van der Waals surface area contributed by atoms with Crippen LogP contribution in [0.15, 0.2) is 0 Å². The third-order valence-electron chi connectivity index (χ3n) is 2.57. The quantitative estimate of drug-likeness (QED) is 0.223. The number of hydrogen-bond acceptors (Lipinski definition) is 2. The molecule has 0 aliphatic heterocycles. The van der Waals surface area contributed by atoms with Crippen LogP contribution in [0.25, 0.3) is 0 Å². The van der Waals surface area contributed by atoms with Gasteiger partial charge in [-0.1, -0.05) is 53.4 Å². The van der Waals surface area contributed by atoms with Gasteiger partial charge in [0, 0.05) is 0 Å². The maximum absolute atomic E-state index is 4.88. The molecule has 0 atom stereocenters. The first-order chi connectivity index (χ1) is 10.2. The van der Waals surface area contributed by atoms with E-state index in [1.54, 1.807) is 0 Å². The molecule has 0 nitrogen and oxygen atoms in total. The Bertz CT molecular complexity index is 115. The molecule has 0 N–H and O–H groups in total. The number of unbranched alkanes of at least 4 members (excludes halogenated alkanes) is 4. The van der Waals surface area contributed by atoms with Crippen molar-refractivity contribution in [3.63, 3.8) is 0 Å². The number of halogens is 2. The number of rotatable bonds is 12. The molecule has 0 bridgehead atoms. The third-order valence-corrected chi connectivity index (χ3v) is 4.88. The van der Waals surface area contributed by atoms with Gasteiger partial charge in [-0.3, -0.25) is 0 Å². The van der Waals surface area contributed by atoms with Crippen LogP contribution in [0.4, 0.5) is 0 Å². The number of hydrogen-bond donors (Lipinski definition) is 0. The molecule has 0 fully saturated rings. The van der Waals surface area contributed by atoms with Crippen molar-refractivity contribution in [3.05, 3.63) is 0 Å². The van der Waals surface area contributed by atoms with Crippen LogP contribution in [0.2, 0.25) is 0 Å². The molecule has 0 aromatic carbocycles. The SMILES string of the molecule is CCCCSCCCC.CCCCSCCCC.[Cl][Pt][Cl]. The van der Waals surface area contributed by atoms with Crippen LogP contribution < -0.4 is 0 Å². The Labute approximate surface area is 160 Å². The molecule has 0 aliphatic carbocycles. The summed E-state index contributed by atoms with van der Waals surface area (Å²) in [6.07, 6.45) is 11.0. The summed E-state index contributed by atoms with van der Waals surface area (Å²) in [4.78, 5) is 0. The van der Waals surface area contributed by atoms with E-state index in [1.807, 2.05) is 0 Å². The molecular weight excluding hydrogens is 522 g/mol. The van der Waals surface area contributed by atoms with Crippen molar-refractivity contribution in [2.45, 2.75) is 79.1 Å². The standard InChI is InChI=1S/2C8H18S.2ClH.Pt/c2*1-3-5-7-9-8-6-4-2;;;/h2*3-8H2,1-2H3;2*1H;/q;;;;+2/p-2. The summed E-state index contributed by atoms with van der Waals surface area (Å²) in [6.45, 7) is 9.00. The Morgan fingerprint density at radius 1 is 0.571 bits per heavy atom. The predicted octanol–water partition coefficient (Wildman–Crippen LogP) is 8.02. The van der Waals surface area contributed by atoms with E-state index in [1.165, 1.54) is 74.4 Å². The molecular formula is C16H36Cl2PtS2. The Hall–Kier alpha value is 1.97. The zero-order valence-corrected chi connectivity index (χ0v) is 19.8. The Balaban J connectivity index is -0.000000260. The minimum absolute atomic E-state index is 0.472. The fraction of sp³-hybridized carbons (Fsp3) is 1.00. The molecule has 0 spiro atoms. The van der Waals surface area contributed by atoms with Gasteiger partial charge in [0.1, 0.15) is 0 Å². The normalized spacial score (nSPS) is 9.62. The molecule has 0 rings (SSSR count). The van der Waals surface area contributed by atoms with Gasteiger partial charge in [0.05, 0.1) is 0 Å². The van der Waals surface area contributed by atoms with E-state index in [0.717, 1.165) is 0 Å². The van der Waals surface area contributed by atoms with Crippen LogP contribution in [0.5, 0.6) is 0 Å². The van der Waals surface area contributed by atoms with Gasteiger partial charge < -0.3 is 0 Å². The molecule has 21 heavy (non-hydrogen) atoms. The van der Waals surface area contributed by atoms with E-state index in [4.69, 9.17) is 18.8 Å². The molecule has 0 aromatic rings. The Kier molecular flexibility index (Phi) is 44.4. The van der Waals surface area contributed by atoms with Crippen LogP contribution in [0.3, 0.4) is 0 Å². The summed E-state index contributed by atoms with van der Waals surface area (Å²) in [5.74, 6) is 5.49. The first kappa shape index (κ1) is 27.8. The van der Waals surface area contributed by atoms with Crippen molar-refractivity contribution >= 4 is 42.4 Å². The Morgan fingerprint density at radius 2 is 0.762 bits per heavy atom. The van der Waals surface area contributed by atoms with Crippen LogP contribution in [0, 0.1) is 0 Å². The zero-order chi connectivity index (χ0) is 16.6. The van der Waals surface area contributed by atoms with Crippen molar-refractivity contribution in [1.82, 2.24) is 0 Å². The second-order valence-corrected chi connectivity index (χ2v) is 10.4. The Morgan fingerprint density at radius 3 is 0.905 bits per heavy atom. The molecule has 0 aromatic heterocycles. The average Bonchev–Trinajstić information content (AvgIpc) is 2.49. The van der Waals surface area contributed by atoms with Crippen molar-refractivity contribution in [2.75, 3.05) is 23.0 Å². The van der Waals surface area contributed by atoms with Crippen LogP contribution >= 0.6 is 42.4 Å². The van der Waals surface area contributed by atoms with Crippen molar-refractivity contribution in [3.8, 4) is 0 Å². The van der Waals surface area contributed by atoms with Crippen LogP contribution in [-0.2, 0) is 16.5 Å². The first-order valence-corrected chi connectivity index (χ1v) is 16.2. The monoisotopic (exact) mass is 557 g/mol. The van der Waals surface area contributed by atoms with E-state index in [0.29, 0.717) is 0 Å². The second-order valence-electron chi connectivity index (χ2n) is 4.68. The maximum atomic E-state index is 4.88. The molecule has 0 saturated heterocycles. The molecule has 5 heteroatoms. The summed E-state index contributed by atoms with van der Waals surface area (Å²) in [5, 5.41) is 0. The summed E-state index contributed by atoms with van der Waals surface area (Å²) in [5.41, 5.74) is 0. The van der Waals surface area contributed by atoms with Gasteiger partial charge >= 0.3 is 35.3 Å². The summed E-state index contributed by atoms with van der Waals surface area (Å²) >= 11 is 3.73. The molecule has 136 valence electrons. The first-order valence-electron chi connectivity index (χ1n) is 8.22. The molecule has 0 amide bonds. The van der Waals surface area contributed by atoms with Crippen molar-refractivity contribution < 1.29 is 16.5 Å². The average molecular weight is 559 g/mol. The summed E-state index contributed by atoms with van der Waals surface area (Å²) in [6, 6.07) is 0. The minimum atomic E-state index is -0.472. The molecule has 0 saturated carbocycles. The van der Waals surface area contributed by atoms with E-state index >= 15 is 0 Å². The fourth-order valence-electron chi connectivity index (χ4n) is 1.19. The van der Waals surface area contributed by atoms with Gasteiger partial charge in [-0.15, -0.1) is 0 Å². The molecule has 0 heterocycles. The van der Waals surface area contributed by atoms with Gasteiger partial charge in [-0.2, -0.15) is 23.5 Å².